The van der Waals surface area contributed by atoms with E-state index in [1.165, 1.54) is 0 Å². The summed E-state index contributed by atoms with van der Waals surface area (Å²) in [5.41, 5.74) is -2.61. The zero-order valence-corrected chi connectivity index (χ0v) is 16.9. The molecule has 12 heteroatoms. The molecule has 2 bridgehead atoms. The lowest BCUT2D eigenvalue weighted by Crippen LogP contribution is -2.62. The Morgan fingerprint density at radius 3 is 2.33 bits per heavy atom. The van der Waals surface area contributed by atoms with E-state index in [9.17, 15) is 36.7 Å². The van der Waals surface area contributed by atoms with Crippen molar-refractivity contribution >= 4 is 28.0 Å². The average molecular weight is 451 g/mol. The normalized spacial score (nSPS) is 38.2. The Morgan fingerprint density at radius 2 is 1.77 bits per heavy atom. The molecule has 9 nitrogen and oxygen atoms in total. The molecule has 3 saturated carbocycles. The van der Waals surface area contributed by atoms with Crippen molar-refractivity contribution in [2.75, 3.05) is 0 Å². The zero-order valence-electron chi connectivity index (χ0n) is 16.0. The van der Waals surface area contributed by atoms with Crippen molar-refractivity contribution in [3.63, 3.8) is 0 Å². The smallest absolute Gasteiger partial charge is 0.325 e. The lowest BCUT2D eigenvalue weighted by Gasteiger charge is -2.43. The lowest BCUT2D eigenvalue weighted by atomic mass is 9.79. The van der Waals surface area contributed by atoms with Crippen LogP contribution in [0.4, 0.5) is 8.78 Å². The van der Waals surface area contributed by atoms with Crippen molar-refractivity contribution in [2.24, 2.45) is 17.8 Å². The summed E-state index contributed by atoms with van der Waals surface area (Å²) in [5.74, 6) is -11.8. The third-order valence-electron chi connectivity index (χ3n) is 6.89. The summed E-state index contributed by atoms with van der Waals surface area (Å²) in [6.45, 7) is 1.12. The number of alkyl halides is 2. The van der Waals surface area contributed by atoms with Gasteiger partial charge in [-0.2, -0.15) is 17.2 Å². The fourth-order valence-electron chi connectivity index (χ4n) is 5.70. The molecule has 0 radical (unpaired) electrons. The number of hydrogen-bond acceptors (Lipinski definition) is 9. The van der Waals surface area contributed by atoms with E-state index in [0.717, 1.165) is 6.92 Å². The van der Waals surface area contributed by atoms with Gasteiger partial charge in [0.15, 0.2) is 5.60 Å². The molecular formula is C18H21F2O9S-. The van der Waals surface area contributed by atoms with E-state index >= 15 is 0 Å². The van der Waals surface area contributed by atoms with Crippen LogP contribution in [0, 0.1) is 17.8 Å². The van der Waals surface area contributed by atoms with Crippen LogP contribution < -0.4 is 5.11 Å². The van der Waals surface area contributed by atoms with Crippen LogP contribution in [0.3, 0.4) is 0 Å². The van der Waals surface area contributed by atoms with Crippen LogP contribution in [0.25, 0.3) is 0 Å². The molecule has 1 saturated heterocycles. The number of ether oxygens (including phenoxy) is 2. The maximum absolute atomic E-state index is 14.6. The van der Waals surface area contributed by atoms with Gasteiger partial charge in [0.25, 0.3) is 10.1 Å². The van der Waals surface area contributed by atoms with Crippen LogP contribution in [0.15, 0.2) is 0 Å². The van der Waals surface area contributed by atoms with Crippen LogP contribution in [0.1, 0.15) is 45.4 Å². The summed E-state index contributed by atoms with van der Waals surface area (Å²) in [6, 6.07) is 0. The zero-order chi connectivity index (χ0) is 22.1. The molecule has 4 rings (SSSR count). The first-order valence-corrected chi connectivity index (χ1v) is 11.3. The Bertz CT molecular complexity index is 880. The van der Waals surface area contributed by atoms with Gasteiger partial charge in [0.05, 0.1) is 5.92 Å². The van der Waals surface area contributed by atoms with Crippen molar-refractivity contribution in [1.29, 1.82) is 0 Å². The topological polar surface area (TPSA) is 136 Å². The first kappa shape index (κ1) is 21.4. The Balaban J connectivity index is 1.66. The second kappa shape index (κ2) is 6.84. The maximum Gasteiger partial charge on any atom is 0.325 e. The van der Waals surface area contributed by atoms with E-state index in [1.807, 2.05) is 0 Å². The van der Waals surface area contributed by atoms with Crippen LogP contribution in [0.2, 0.25) is 0 Å². The van der Waals surface area contributed by atoms with E-state index < -0.39 is 74.8 Å². The minimum atomic E-state index is -4.44. The van der Waals surface area contributed by atoms with E-state index in [-0.39, 0.29) is 32.1 Å². The van der Waals surface area contributed by atoms with Gasteiger partial charge in [-0.15, -0.1) is 0 Å². The second-order valence-electron chi connectivity index (χ2n) is 8.52. The summed E-state index contributed by atoms with van der Waals surface area (Å²) in [6.07, 6.45) is -1.53. The van der Waals surface area contributed by atoms with Gasteiger partial charge in [-0.1, -0.05) is 6.42 Å². The molecule has 0 aromatic heterocycles. The molecule has 6 unspecified atom stereocenters. The number of halogens is 2. The highest BCUT2D eigenvalue weighted by atomic mass is 32.2. The molecule has 4 fully saturated rings. The molecule has 3 aliphatic carbocycles. The van der Waals surface area contributed by atoms with Crippen molar-refractivity contribution in [2.45, 2.75) is 74.4 Å². The van der Waals surface area contributed by atoms with Crippen LogP contribution in [-0.2, 0) is 38.2 Å². The highest BCUT2D eigenvalue weighted by molar-refractivity contribution is 7.87. The molecule has 30 heavy (non-hydrogen) atoms. The van der Waals surface area contributed by atoms with Gasteiger partial charge in [0.2, 0.25) is 0 Å². The van der Waals surface area contributed by atoms with E-state index in [1.54, 1.807) is 0 Å². The number of carbonyl (C=O) groups is 3. The molecule has 6 atom stereocenters. The molecule has 0 amide bonds. The average Bonchev–Trinajstić information content (AvgIpc) is 3.24. The highest BCUT2D eigenvalue weighted by Gasteiger charge is 2.72. The van der Waals surface area contributed by atoms with Gasteiger partial charge >= 0.3 is 17.9 Å². The fourth-order valence-corrected chi connectivity index (χ4v) is 7.75. The molecule has 0 N–H and O–H groups in total. The number of fused-ring (bicyclic) bond motifs is 1. The number of hydrogen-bond donors (Lipinski definition) is 0. The maximum atomic E-state index is 14.6. The van der Waals surface area contributed by atoms with Crippen molar-refractivity contribution < 1.29 is 50.3 Å². The quantitative estimate of drug-likeness (QED) is 0.415. The first-order valence-electron chi connectivity index (χ1n) is 9.83. The van der Waals surface area contributed by atoms with E-state index in [2.05, 4.69) is 0 Å². The van der Waals surface area contributed by atoms with Crippen molar-refractivity contribution in [3.05, 3.63) is 0 Å². The molecule has 4 aliphatic rings. The molecule has 1 aliphatic heterocycles. The van der Waals surface area contributed by atoms with Crippen molar-refractivity contribution in [1.82, 2.24) is 0 Å². The summed E-state index contributed by atoms with van der Waals surface area (Å²) in [7, 11) is -4.21. The number of carboxylic acids is 1. The minimum Gasteiger partial charge on any atom is -0.544 e. The predicted molar refractivity (Wildman–Crippen MR) is 90.1 cm³/mol. The number of carbonyl (C=O) groups excluding carboxylic acids is 3. The highest BCUT2D eigenvalue weighted by Crippen LogP contribution is 2.59. The number of rotatable bonds is 5. The Labute approximate surface area is 171 Å². The van der Waals surface area contributed by atoms with E-state index in [4.69, 9.17) is 13.7 Å². The molecule has 1 heterocycles. The Kier molecular flexibility index (Phi) is 4.88. The largest absolute Gasteiger partial charge is 0.544 e. The molecule has 0 aromatic rings. The second-order valence-corrected chi connectivity index (χ2v) is 10.2. The number of esters is 2. The predicted octanol–water partition coefficient (Wildman–Crippen LogP) is -0.0875. The summed E-state index contributed by atoms with van der Waals surface area (Å²) in [4.78, 5) is 35.6. The summed E-state index contributed by atoms with van der Waals surface area (Å²) >= 11 is 0. The van der Waals surface area contributed by atoms with E-state index in [0.29, 0.717) is 6.42 Å². The van der Waals surface area contributed by atoms with Gasteiger partial charge in [0, 0.05) is 18.8 Å². The molecule has 0 spiro atoms. The lowest BCUT2D eigenvalue weighted by molar-refractivity contribution is -0.346. The third-order valence-corrected chi connectivity index (χ3v) is 8.69. The Hall–Kier alpha value is -1.82. The molecule has 168 valence electrons. The van der Waals surface area contributed by atoms with Crippen LogP contribution in [0.5, 0.6) is 0 Å². The number of carboxylic acid groups (broad SMARTS) is 1. The van der Waals surface area contributed by atoms with Gasteiger partial charge < -0.3 is 19.4 Å². The van der Waals surface area contributed by atoms with Gasteiger partial charge in [-0.25, -0.2) is 0 Å². The number of aliphatic carboxylic acids is 1. The van der Waals surface area contributed by atoms with Gasteiger partial charge in [-0.05, 0) is 32.1 Å². The SMILES string of the molecule is CC(=O)OC1C2CC3C1OS(=O)(=O)C3C2C(=O)OC1(C(F)(F)C(=O)[O-])CCCCC1. The minimum absolute atomic E-state index is 0.191. The third kappa shape index (κ3) is 2.94. The Morgan fingerprint density at radius 1 is 1.13 bits per heavy atom. The van der Waals surface area contributed by atoms with Crippen LogP contribution >= 0.6 is 0 Å². The molecular weight excluding hydrogens is 430 g/mol. The first-order chi connectivity index (χ1) is 13.9. The van der Waals surface area contributed by atoms with Gasteiger partial charge in [0.1, 0.15) is 23.4 Å². The molecule has 0 aromatic carbocycles. The standard InChI is InChI=1S/C18H22F2O9S/c1-8(21)27-12-9-7-10-13(12)29-30(25,26)14(10)11(9)15(22)28-17(5-3-2-4-6-17)18(19,20)16(23)24/h9-14H,2-7H2,1H3,(H,23,24)/p-1. The summed E-state index contributed by atoms with van der Waals surface area (Å²) in [5, 5.41) is 9.83. The van der Waals surface area contributed by atoms with Crippen molar-refractivity contribution in [3.8, 4) is 0 Å². The van der Waals surface area contributed by atoms with Crippen LogP contribution in [-0.4, -0.2) is 55.3 Å². The summed E-state index contributed by atoms with van der Waals surface area (Å²) < 4.78 is 69.5. The van der Waals surface area contributed by atoms with Gasteiger partial charge in [-0.3, -0.25) is 13.8 Å². The monoisotopic (exact) mass is 451 g/mol. The fraction of sp³-hybridized carbons (Fsp3) is 0.833.